The highest BCUT2D eigenvalue weighted by Crippen LogP contribution is 2.16. The molecule has 1 aliphatic heterocycles. The molecule has 0 saturated carbocycles. The fraction of sp³-hybridized carbons (Fsp3) is 0.231. The van der Waals surface area contributed by atoms with Gasteiger partial charge in [0.15, 0.2) is 0 Å². The van der Waals surface area contributed by atoms with Gasteiger partial charge >= 0.3 is 0 Å². The van der Waals surface area contributed by atoms with Gasteiger partial charge < -0.3 is 15.2 Å². The van der Waals surface area contributed by atoms with Crippen molar-refractivity contribution in [1.82, 2.24) is 14.9 Å². The molecule has 0 radical (unpaired) electrons. The lowest BCUT2D eigenvalue weighted by atomic mass is 10.0. The molecule has 0 unspecified atom stereocenters. The minimum absolute atomic E-state index is 0.0801. The summed E-state index contributed by atoms with van der Waals surface area (Å²) in [6.07, 6.45) is 5.33. The highest BCUT2D eigenvalue weighted by Gasteiger charge is 2.24. The second-order valence-corrected chi connectivity index (χ2v) is 4.36. The summed E-state index contributed by atoms with van der Waals surface area (Å²) < 4.78 is 1.90. The van der Waals surface area contributed by atoms with E-state index in [0.717, 1.165) is 24.5 Å². The quantitative estimate of drug-likeness (QED) is 0.845. The molecule has 1 aliphatic rings. The highest BCUT2D eigenvalue weighted by molar-refractivity contribution is 5.93. The zero-order chi connectivity index (χ0) is 12.4. The third-order valence-corrected chi connectivity index (χ3v) is 3.07. The van der Waals surface area contributed by atoms with E-state index < -0.39 is 0 Å². The van der Waals surface area contributed by atoms with Gasteiger partial charge in [0.05, 0.1) is 12.2 Å². The largest absolute Gasteiger partial charge is 0.326 e. The topological polar surface area (TPSA) is 59.0 Å². The van der Waals surface area contributed by atoms with Crippen LogP contribution in [0.4, 0.5) is 5.69 Å². The lowest BCUT2D eigenvalue weighted by Gasteiger charge is -2.25. The summed E-state index contributed by atoms with van der Waals surface area (Å²) in [5.41, 5.74) is 1.80. The summed E-state index contributed by atoms with van der Waals surface area (Å²) in [5.74, 6) is 0.179. The molecule has 2 aromatic rings. The molecule has 2 N–H and O–H groups in total. The van der Waals surface area contributed by atoms with Crippen molar-refractivity contribution in [2.24, 2.45) is 5.92 Å². The minimum atomic E-state index is 0.0801. The van der Waals surface area contributed by atoms with Gasteiger partial charge in [0, 0.05) is 36.9 Å². The smallest absolute Gasteiger partial charge is 0.230 e. The van der Waals surface area contributed by atoms with Gasteiger partial charge in [-0.05, 0) is 18.2 Å². The number of imidazole rings is 1. The number of benzene rings is 1. The average Bonchev–Trinajstić information content (AvgIpc) is 2.80. The maximum atomic E-state index is 11.8. The first-order valence-electron chi connectivity index (χ1n) is 5.93. The van der Waals surface area contributed by atoms with Crippen LogP contribution in [0.25, 0.3) is 5.69 Å². The van der Waals surface area contributed by atoms with Crippen molar-refractivity contribution < 1.29 is 4.79 Å². The van der Waals surface area contributed by atoms with Crippen LogP contribution in [0.1, 0.15) is 0 Å². The molecule has 92 valence electrons. The van der Waals surface area contributed by atoms with E-state index in [9.17, 15) is 4.79 Å². The van der Waals surface area contributed by atoms with Gasteiger partial charge in [-0.25, -0.2) is 4.98 Å². The fourth-order valence-corrected chi connectivity index (χ4v) is 1.87. The number of hydrogen-bond acceptors (Lipinski definition) is 3. The number of amides is 1. The van der Waals surface area contributed by atoms with Crippen LogP contribution in [-0.4, -0.2) is 28.5 Å². The maximum Gasteiger partial charge on any atom is 0.230 e. The van der Waals surface area contributed by atoms with E-state index in [-0.39, 0.29) is 11.8 Å². The van der Waals surface area contributed by atoms with Crippen molar-refractivity contribution in [2.75, 3.05) is 18.4 Å². The van der Waals surface area contributed by atoms with Crippen molar-refractivity contribution in [1.29, 1.82) is 0 Å². The molecule has 2 heterocycles. The Labute approximate surface area is 105 Å². The molecule has 0 bridgehead atoms. The second-order valence-electron chi connectivity index (χ2n) is 4.36. The van der Waals surface area contributed by atoms with Gasteiger partial charge in [0.2, 0.25) is 5.91 Å². The summed E-state index contributed by atoms with van der Waals surface area (Å²) in [6.45, 7) is 1.54. The molecular weight excluding hydrogens is 228 g/mol. The lowest BCUT2D eigenvalue weighted by Crippen LogP contribution is -2.48. The first kappa shape index (κ1) is 11.0. The molecule has 18 heavy (non-hydrogen) atoms. The van der Waals surface area contributed by atoms with Crippen molar-refractivity contribution in [2.45, 2.75) is 0 Å². The van der Waals surface area contributed by atoms with Crippen molar-refractivity contribution >= 4 is 11.6 Å². The molecular formula is C13H14N4O. The van der Waals surface area contributed by atoms with Crippen molar-refractivity contribution in [3.8, 4) is 5.69 Å². The molecule has 1 aromatic carbocycles. The second kappa shape index (κ2) is 4.62. The Balaban J connectivity index is 1.76. The molecule has 0 atom stereocenters. The number of nitrogens with one attached hydrogen (secondary N) is 2. The summed E-state index contributed by atoms with van der Waals surface area (Å²) >= 11 is 0. The average molecular weight is 242 g/mol. The molecule has 3 rings (SSSR count). The van der Waals surface area contributed by atoms with E-state index in [1.165, 1.54) is 0 Å². The van der Waals surface area contributed by atoms with Gasteiger partial charge in [0.1, 0.15) is 0 Å². The van der Waals surface area contributed by atoms with E-state index in [1.54, 1.807) is 12.5 Å². The Morgan fingerprint density at radius 3 is 3.00 bits per heavy atom. The van der Waals surface area contributed by atoms with Crippen molar-refractivity contribution in [3.63, 3.8) is 0 Å². The molecule has 0 spiro atoms. The molecule has 0 aliphatic carbocycles. The Bertz CT molecular complexity index is 546. The summed E-state index contributed by atoms with van der Waals surface area (Å²) in [6, 6.07) is 7.72. The molecule has 5 heteroatoms. The van der Waals surface area contributed by atoms with Gasteiger partial charge in [-0.15, -0.1) is 0 Å². The van der Waals surface area contributed by atoms with Crippen LogP contribution < -0.4 is 10.6 Å². The monoisotopic (exact) mass is 242 g/mol. The van der Waals surface area contributed by atoms with Crippen LogP contribution in [0.3, 0.4) is 0 Å². The van der Waals surface area contributed by atoms with Crippen LogP contribution >= 0.6 is 0 Å². The van der Waals surface area contributed by atoms with E-state index in [2.05, 4.69) is 15.6 Å². The van der Waals surface area contributed by atoms with E-state index >= 15 is 0 Å². The molecule has 1 amide bonds. The first-order chi connectivity index (χ1) is 8.83. The van der Waals surface area contributed by atoms with Gasteiger partial charge in [-0.3, -0.25) is 4.79 Å². The number of hydrogen-bond donors (Lipinski definition) is 2. The maximum absolute atomic E-state index is 11.8. The number of anilines is 1. The number of aromatic nitrogens is 2. The normalized spacial score (nSPS) is 15.1. The molecule has 1 fully saturated rings. The molecule has 1 saturated heterocycles. The number of nitrogens with zero attached hydrogens (tertiary/aromatic N) is 2. The third-order valence-electron chi connectivity index (χ3n) is 3.07. The Hall–Kier alpha value is -2.14. The van der Waals surface area contributed by atoms with Gasteiger partial charge in [-0.1, -0.05) is 6.07 Å². The van der Waals surface area contributed by atoms with Gasteiger partial charge in [-0.2, -0.15) is 0 Å². The predicted octanol–water partition coefficient (Wildman–Crippen LogP) is 1.03. The first-order valence-corrected chi connectivity index (χ1v) is 5.93. The Kier molecular flexibility index (Phi) is 2.82. The Morgan fingerprint density at radius 1 is 1.44 bits per heavy atom. The zero-order valence-corrected chi connectivity index (χ0v) is 9.84. The van der Waals surface area contributed by atoms with Crippen molar-refractivity contribution in [3.05, 3.63) is 43.0 Å². The fourth-order valence-electron chi connectivity index (χ4n) is 1.87. The number of carbonyl (C=O) groups excluding carboxylic acids is 1. The molecule has 5 nitrogen and oxygen atoms in total. The van der Waals surface area contributed by atoms with Crippen LogP contribution in [0.15, 0.2) is 43.0 Å². The SMILES string of the molecule is O=C(Nc1cccc(-n2ccnc2)c1)C1CNC1. The van der Waals surface area contributed by atoms with Gasteiger partial charge in [0.25, 0.3) is 0 Å². The highest BCUT2D eigenvalue weighted by atomic mass is 16.2. The summed E-state index contributed by atoms with van der Waals surface area (Å²) in [7, 11) is 0. The number of rotatable bonds is 3. The van der Waals surface area contributed by atoms with Crippen LogP contribution in [0.5, 0.6) is 0 Å². The number of carbonyl (C=O) groups is 1. The summed E-state index contributed by atoms with van der Waals surface area (Å²) in [5, 5.41) is 6.02. The Morgan fingerprint density at radius 2 is 2.33 bits per heavy atom. The van der Waals surface area contributed by atoms with E-state index in [4.69, 9.17) is 0 Å². The van der Waals surface area contributed by atoms with E-state index in [1.807, 2.05) is 35.0 Å². The predicted molar refractivity (Wildman–Crippen MR) is 68.6 cm³/mol. The summed E-state index contributed by atoms with van der Waals surface area (Å²) in [4.78, 5) is 15.8. The van der Waals surface area contributed by atoms with Crippen LogP contribution in [0.2, 0.25) is 0 Å². The zero-order valence-electron chi connectivity index (χ0n) is 9.84. The third kappa shape index (κ3) is 2.12. The lowest BCUT2D eigenvalue weighted by molar-refractivity contribution is -0.121. The molecule has 1 aromatic heterocycles. The van der Waals surface area contributed by atoms with E-state index in [0.29, 0.717) is 0 Å². The van der Waals surface area contributed by atoms with Crippen LogP contribution in [0, 0.1) is 5.92 Å². The standard InChI is InChI=1S/C13H14N4O/c18-13(10-7-15-8-10)16-11-2-1-3-12(6-11)17-5-4-14-9-17/h1-6,9-10,15H,7-8H2,(H,16,18). The minimum Gasteiger partial charge on any atom is -0.326 e. The van der Waals surface area contributed by atoms with Crippen LogP contribution in [-0.2, 0) is 4.79 Å².